The molecule has 3 nitrogen and oxygen atoms in total. The molecule has 0 saturated heterocycles. The molecule has 1 aliphatic heterocycles. The van der Waals surface area contributed by atoms with E-state index in [1.807, 2.05) is 12.1 Å². The van der Waals surface area contributed by atoms with Crippen molar-refractivity contribution in [3.05, 3.63) is 29.3 Å². The second-order valence-corrected chi connectivity index (χ2v) is 5.09. The van der Waals surface area contributed by atoms with Crippen LogP contribution in [0.15, 0.2) is 18.2 Å². The lowest BCUT2D eigenvalue weighted by molar-refractivity contribution is 0.0697. The molecule has 0 fully saturated rings. The van der Waals surface area contributed by atoms with Gasteiger partial charge in [0, 0.05) is 18.8 Å². The Hall–Kier alpha value is -1.51. The molecule has 17 heavy (non-hydrogen) atoms. The van der Waals surface area contributed by atoms with E-state index in [4.69, 9.17) is 5.11 Å². The Labute approximate surface area is 102 Å². The van der Waals surface area contributed by atoms with Crippen molar-refractivity contribution in [1.29, 1.82) is 0 Å². The lowest BCUT2D eigenvalue weighted by atomic mass is 9.98. The zero-order valence-corrected chi connectivity index (χ0v) is 10.4. The number of benzene rings is 1. The number of hydrogen-bond acceptors (Lipinski definition) is 2. The molecule has 0 amide bonds. The Morgan fingerprint density at radius 1 is 1.47 bits per heavy atom. The molecule has 0 atom stereocenters. The number of rotatable bonds is 3. The van der Waals surface area contributed by atoms with Gasteiger partial charge in [-0.05, 0) is 42.5 Å². The van der Waals surface area contributed by atoms with E-state index >= 15 is 0 Å². The second-order valence-electron chi connectivity index (χ2n) is 5.09. The summed E-state index contributed by atoms with van der Waals surface area (Å²) in [7, 11) is 0. The Balaban J connectivity index is 2.30. The van der Waals surface area contributed by atoms with Crippen LogP contribution in [0.1, 0.15) is 36.2 Å². The zero-order chi connectivity index (χ0) is 12.4. The third-order valence-electron chi connectivity index (χ3n) is 3.13. The molecule has 0 unspecified atom stereocenters. The van der Waals surface area contributed by atoms with Gasteiger partial charge in [0.25, 0.3) is 0 Å². The lowest BCUT2D eigenvalue weighted by Gasteiger charge is -2.32. The van der Waals surface area contributed by atoms with Gasteiger partial charge >= 0.3 is 5.97 Å². The quantitative estimate of drug-likeness (QED) is 0.872. The van der Waals surface area contributed by atoms with E-state index in [-0.39, 0.29) is 0 Å². The summed E-state index contributed by atoms with van der Waals surface area (Å²) in [6, 6.07) is 5.49. The third kappa shape index (κ3) is 2.60. The number of aryl methyl sites for hydroxylation is 1. The van der Waals surface area contributed by atoms with Crippen LogP contribution in [0.3, 0.4) is 0 Å². The molecule has 1 N–H and O–H groups in total. The molecule has 1 aromatic rings. The maximum atomic E-state index is 10.9. The van der Waals surface area contributed by atoms with Crippen molar-refractivity contribution in [2.24, 2.45) is 5.92 Å². The first-order valence-electron chi connectivity index (χ1n) is 6.19. The van der Waals surface area contributed by atoms with Crippen LogP contribution in [0.25, 0.3) is 0 Å². The van der Waals surface area contributed by atoms with Crippen LogP contribution in [0.5, 0.6) is 0 Å². The predicted molar refractivity (Wildman–Crippen MR) is 68.8 cm³/mol. The third-order valence-corrected chi connectivity index (χ3v) is 3.13. The number of fused-ring (bicyclic) bond motifs is 1. The average Bonchev–Trinajstić information content (AvgIpc) is 2.28. The number of carboxylic acids is 1. The van der Waals surface area contributed by atoms with E-state index in [9.17, 15) is 4.79 Å². The predicted octanol–water partition coefficient (Wildman–Crippen LogP) is 2.79. The largest absolute Gasteiger partial charge is 0.478 e. The molecule has 0 aromatic heterocycles. The van der Waals surface area contributed by atoms with Crippen molar-refractivity contribution >= 4 is 11.7 Å². The van der Waals surface area contributed by atoms with Gasteiger partial charge in [0.15, 0.2) is 0 Å². The van der Waals surface area contributed by atoms with Crippen LogP contribution >= 0.6 is 0 Å². The molecule has 1 heterocycles. The monoisotopic (exact) mass is 233 g/mol. The van der Waals surface area contributed by atoms with Gasteiger partial charge in [-0.2, -0.15) is 0 Å². The summed E-state index contributed by atoms with van der Waals surface area (Å²) in [5.41, 5.74) is 2.79. The number of anilines is 1. The van der Waals surface area contributed by atoms with Crippen LogP contribution in [-0.2, 0) is 6.42 Å². The first-order valence-corrected chi connectivity index (χ1v) is 6.19. The van der Waals surface area contributed by atoms with Crippen molar-refractivity contribution in [1.82, 2.24) is 0 Å². The van der Waals surface area contributed by atoms with Gasteiger partial charge in [0.2, 0.25) is 0 Å². The Morgan fingerprint density at radius 2 is 2.24 bits per heavy atom. The normalized spacial score (nSPS) is 14.9. The van der Waals surface area contributed by atoms with Crippen molar-refractivity contribution in [2.45, 2.75) is 26.7 Å². The maximum absolute atomic E-state index is 10.9. The molecular weight excluding hydrogens is 214 g/mol. The highest BCUT2D eigenvalue weighted by molar-refractivity contribution is 5.88. The molecule has 1 aliphatic rings. The molecule has 92 valence electrons. The number of carboxylic acid groups (broad SMARTS) is 1. The highest BCUT2D eigenvalue weighted by Gasteiger charge is 2.18. The van der Waals surface area contributed by atoms with Crippen molar-refractivity contribution in [2.75, 3.05) is 18.0 Å². The Morgan fingerprint density at radius 3 is 2.88 bits per heavy atom. The standard InChI is InChI=1S/C14H19NO2/c1-10(2)9-15-7-3-4-11-8-12(14(16)17)5-6-13(11)15/h5-6,8,10H,3-4,7,9H2,1-2H3,(H,16,17). The van der Waals surface area contributed by atoms with E-state index in [0.29, 0.717) is 11.5 Å². The highest BCUT2D eigenvalue weighted by Crippen LogP contribution is 2.28. The van der Waals surface area contributed by atoms with Crippen molar-refractivity contribution < 1.29 is 9.90 Å². The minimum Gasteiger partial charge on any atom is -0.478 e. The van der Waals surface area contributed by atoms with Crippen molar-refractivity contribution in [3.63, 3.8) is 0 Å². The summed E-state index contributed by atoms with van der Waals surface area (Å²) in [5.74, 6) is -0.214. The van der Waals surface area contributed by atoms with Crippen LogP contribution in [0.4, 0.5) is 5.69 Å². The molecule has 0 saturated carbocycles. The summed E-state index contributed by atoms with van der Waals surface area (Å²) in [6.07, 6.45) is 2.11. The smallest absolute Gasteiger partial charge is 0.335 e. The SMILES string of the molecule is CC(C)CN1CCCc2cc(C(=O)O)ccc21. The summed E-state index contributed by atoms with van der Waals surface area (Å²) < 4.78 is 0. The van der Waals surface area contributed by atoms with Gasteiger partial charge in [-0.15, -0.1) is 0 Å². The molecule has 0 aliphatic carbocycles. The fraction of sp³-hybridized carbons (Fsp3) is 0.500. The molecule has 1 aromatic carbocycles. The fourth-order valence-electron chi connectivity index (χ4n) is 2.44. The van der Waals surface area contributed by atoms with E-state index in [0.717, 1.165) is 25.9 Å². The van der Waals surface area contributed by atoms with Crippen LogP contribution in [0.2, 0.25) is 0 Å². The van der Waals surface area contributed by atoms with Crippen LogP contribution < -0.4 is 4.90 Å². The van der Waals surface area contributed by atoms with Gasteiger partial charge in [-0.1, -0.05) is 13.8 Å². The first kappa shape index (κ1) is 12.0. The Kier molecular flexibility index (Phi) is 3.36. The minimum absolute atomic E-state index is 0.398. The number of aromatic carboxylic acids is 1. The van der Waals surface area contributed by atoms with Gasteiger partial charge in [0.05, 0.1) is 5.56 Å². The summed E-state index contributed by atoms with van der Waals surface area (Å²) in [6.45, 7) is 6.54. The number of hydrogen-bond donors (Lipinski definition) is 1. The molecule has 2 rings (SSSR count). The topological polar surface area (TPSA) is 40.5 Å². The van der Waals surface area contributed by atoms with Crippen LogP contribution in [0, 0.1) is 5.92 Å². The van der Waals surface area contributed by atoms with E-state index < -0.39 is 5.97 Å². The molecule has 3 heteroatoms. The van der Waals surface area contributed by atoms with E-state index in [2.05, 4.69) is 18.7 Å². The summed E-state index contributed by atoms with van der Waals surface area (Å²) >= 11 is 0. The molecule has 0 radical (unpaired) electrons. The second kappa shape index (κ2) is 4.78. The van der Waals surface area contributed by atoms with Crippen LogP contribution in [-0.4, -0.2) is 24.2 Å². The number of nitrogens with zero attached hydrogens (tertiary/aromatic N) is 1. The molecule has 0 bridgehead atoms. The van der Waals surface area contributed by atoms with Gasteiger partial charge in [-0.25, -0.2) is 4.79 Å². The zero-order valence-electron chi connectivity index (χ0n) is 10.4. The molecule has 0 spiro atoms. The number of carbonyl (C=O) groups is 1. The maximum Gasteiger partial charge on any atom is 0.335 e. The van der Waals surface area contributed by atoms with Gasteiger partial charge in [0.1, 0.15) is 0 Å². The highest BCUT2D eigenvalue weighted by atomic mass is 16.4. The fourth-order valence-corrected chi connectivity index (χ4v) is 2.44. The lowest BCUT2D eigenvalue weighted by Crippen LogP contribution is -2.32. The van der Waals surface area contributed by atoms with Gasteiger partial charge in [-0.3, -0.25) is 0 Å². The average molecular weight is 233 g/mol. The van der Waals surface area contributed by atoms with E-state index in [1.54, 1.807) is 6.07 Å². The minimum atomic E-state index is -0.839. The summed E-state index contributed by atoms with van der Waals surface area (Å²) in [5, 5.41) is 8.98. The van der Waals surface area contributed by atoms with Crippen molar-refractivity contribution in [3.8, 4) is 0 Å². The first-order chi connectivity index (χ1) is 8.08. The van der Waals surface area contributed by atoms with E-state index in [1.165, 1.54) is 11.3 Å². The molecular formula is C14H19NO2. The summed E-state index contributed by atoms with van der Waals surface area (Å²) in [4.78, 5) is 13.3. The Bertz CT molecular complexity index is 426. The van der Waals surface area contributed by atoms with Gasteiger partial charge < -0.3 is 10.0 Å².